The first-order valence-corrected chi connectivity index (χ1v) is 12.5. The van der Waals surface area contributed by atoms with Crippen molar-refractivity contribution in [3.63, 3.8) is 0 Å². The molecule has 1 amide bonds. The third-order valence-corrected chi connectivity index (χ3v) is 7.42. The van der Waals surface area contributed by atoms with E-state index in [1.807, 2.05) is 50.3 Å². The fourth-order valence-corrected chi connectivity index (χ4v) is 5.51. The van der Waals surface area contributed by atoms with Crippen molar-refractivity contribution in [2.75, 3.05) is 13.2 Å². The minimum Gasteiger partial charge on any atom is -0.375 e. The summed E-state index contributed by atoms with van der Waals surface area (Å²) < 4.78 is 48.2. The summed E-state index contributed by atoms with van der Waals surface area (Å²) in [7, 11) is 0. The zero-order valence-electron chi connectivity index (χ0n) is 21.0. The van der Waals surface area contributed by atoms with E-state index in [4.69, 9.17) is 4.74 Å². The van der Waals surface area contributed by atoms with Gasteiger partial charge in [0.25, 0.3) is 0 Å². The monoisotopic (exact) mass is 509 g/mol. The van der Waals surface area contributed by atoms with Gasteiger partial charge < -0.3 is 14.2 Å². The molecule has 2 atom stereocenters. The van der Waals surface area contributed by atoms with Gasteiger partial charge in [-0.1, -0.05) is 42.5 Å². The summed E-state index contributed by atoms with van der Waals surface area (Å²) in [6.45, 7) is 5.16. The third-order valence-electron chi connectivity index (χ3n) is 7.42. The van der Waals surface area contributed by atoms with Crippen LogP contribution in [0.15, 0.2) is 66.9 Å². The quantitative estimate of drug-likeness (QED) is 0.394. The van der Waals surface area contributed by atoms with Crippen molar-refractivity contribution in [2.24, 2.45) is 5.41 Å². The lowest BCUT2D eigenvalue weighted by Gasteiger charge is -2.36. The van der Waals surface area contributed by atoms with Crippen LogP contribution >= 0.6 is 0 Å². The number of benzene rings is 1. The zero-order chi connectivity index (χ0) is 26.2. The highest BCUT2D eigenvalue weighted by Crippen LogP contribution is 2.42. The molecule has 0 N–H and O–H groups in total. The molecule has 3 heterocycles. The Hall–Kier alpha value is -3.39. The number of allylic oxidation sites excluding steroid dienone is 1. The molecule has 5 rings (SSSR count). The summed E-state index contributed by atoms with van der Waals surface area (Å²) in [4.78, 5) is 19.8. The molecule has 2 aromatic heterocycles. The molecule has 5 nitrogen and oxygen atoms in total. The van der Waals surface area contributed by atoms with E-state index in [0.717, 1.165) is 29.2 Å². The number of rotatable bonds is 6. The number of fused-ring (bicyclic) bond motifs is 1. The van der Waals surface area contributed by atoms with Crippen LogP contribution in [-0.4, -0.2) is 33.5 Å². The minimum absolute atomic E-state index is 0.00477. The standard InChI is InChI=1S/C29H30F3N3O2/c1-20-8-9-21(2)35(20)25-10-12-28(15-25,19-37-18-22-6-4-3-5-7-22)27(36)34-13-11-26-23(17-34)14-24(16-33-26)29(30,31)32/h3-10,12,14,16,25H,11,13,15,17-19H2,1-2H3/t25-,28+/m1/s1. The van der Waals surface area contributed by atoms with Gasteiger partial charge in [-0.05, 0) is 49.6 Å². The number of hydrogen-bond donors (Lipinski definition) is 0. The van der Waals surface area contributed by atoms with E-state index in [1.54, 1.807) is 4.90 Å². The Morgan fingerprint density at radius 2 is 1.86 bits per heavy atom. The highest BCUT2D eigenvalue weighted by Gasteiger charge is 2.45. The summed E-state index contributed by atoms with van der Waals surface area (Å²) in [6, 6.07) is 15.0. The Kier molecular flexibility index (Phi) is 6.70. The number of aryl methyl sites for hydroxylation is 2. The number of halogens is 3. The Balaban J connectivity index is 1.39. The fraction of sp³-hybridized carbons (Fsp3) is 0.379. The predicted molar refractivity (Wildman–Crippen MR) is 134 cm³/mol. The molecule has 0 spiro atoms. The lowest BCUT2D eigenvalue weighted by molar-refractivity contribution is -0.144. The van der Waals surface area contributed by atoms with Crippen LogP contribution < -0.4 is 0 Å². The smallest absolute Gasteiger partial charge is 0.375 e. The summed E-state index contributed by atoms with van der Waals surface area (Å²) in [5.41, 5.74) is 2.60. The molecule has 0 unspecified atom stereocenters. The van der Waals surface area contributed by atoms with E-state index in [-0.39, 0.29) is 25.1 Å². The lowest BCUT2D eigenvalue weighted by Crippen LogP contribution is -2.47. The summed E-state index contributed by atoms with van der Waals surface area (Å²) in [6.07, 6.45) is 1.36. The van der Waals surface area contributed by atoms with Crippen molar-refractivity contribution in [3.05, 3.63) is 101 Å². The first kappa shape index (κ1) is 25.3. The maximum atomic E-state index is 14.1. The van der Waals surface area contributed by atoms with Crippen molar-refractivity contribution in [1.29, 1.82) is 0 Å². The van der Waals surface area contributed by atoms with E-state index >= 15 is 0 Å². The van der Waals surface area contributed by atoms with Gasteiger partial charge in [-0.3, -0.25) is 9.78 Å². The molecule has 194 valence electrons. The molecule has 1 aliphatic heterocycles. The van der Waals surface area contributed by atoms with E-state index in [2.05, 4.69) is 27.8 Å². The van der Waals surface area contributed by atoms with Gasteiger partial charge in [0.15, 0.2) is 0 Å². The van der Waals surface area contributed by atoms with Gasteiger partial charge in [0.05, 0.1) is 30.2 Å². The van der Waals surface area contributed by atoms with Crippen LogP contribution in [0.25, 0.3) is 0 Å². The summed E-state index contributed by atoms with van der Waals surface area (Å²) in [5, 5.41) is 0. The second kappa shape index (κ2) is 9.82. The molecule has 0 saturated carbocycles. The number of ether oxygens (including phenoxy) is 1. The molecule has 1 aliphatic carbocycles. The van der Waals surface area contributed by atoms with Gasteiger partial charge in [-0.25, -0.2) is 0 Å². The topological polar surface area (TPSA) is 47.4 Å². The molecule has 37 heavy (non-hydrogen) atoms. The number of hydrogen-bond acceptors (Lipinski definition) is 3. The number of alkyl halides is 3. The molecule has 3 aromatic rings. The second-order valence-electron chi connectivity index (χ2n) is 10.1. The first-order valence-electron chi connectivity index (χ1n) is 12.5. The van der Waals surface area contributed by atoms with Crippen LogP contribution in [0.4, 0.5) is 13.2 Å². The molecular weight excluding hydrogens is 479 g/mol. The molecular formula is C29H30F3N3O2. The van der Waals surface area contributed by atoms with Crippen molar-refractivity contribution in [2.45, 2.75) is 52.1 Å². The minimum atomic E-state index is -4.48. The van der Waals surface area contributed by atoms with Crippen LogP contribution in [0, 0.1) is 19.3 Å². The third kappa shape index (κ3) is 5.07. The molecule has 1 aromatic carbocycles. The number of nitrogens with zero attached hydrogens (tertiary/aromatic N) is 3. The number of aromatic nitrogens is 2. The van der Waals surface area contributed by atoms with Crippen LogP contribution in [0.1, 0.15) is 46.2 Å². The Morgan fingerprint density at radius 3 is 2.57 bits per heavy atom. The van der Waals surface area contributed by atoms with Gasteiger partial charge in [0.2, 0.25) is 5.91 Å². The van der Waals surface area contributed by atoms with Crippen LogP contribution in [0.5, 0.6) is 0 Å². The first-order chi connectivity index (χ1) is 17.7. The average Bonchev–Trinajstić information content (AvgIpc) is 3.46. The van der Waals surface area contributed by atoms with Gasteiger partial charge in [0, 0.05) is 42.8 Å². The van der Waals surface area contributed by atoms with E-state index in [1.165, 1.54) is 0 Å². The molecule has 0 bridgehead atoms. The van der Waals surface area contributed by atoms with Crippen LogP contribution in [0.3, 0.4) is 0 Å². The number of carbonyl (C=O) groups excluding carboxylic acids is 1. The van der Waals surface area contributed by atoms with Gasteiger partial charge in [-0.15, -0.1) is 0 Å². The Labute approximate surface area is 214 Å². The number of amides is 1. The van der Waals surface area contributed by atoms with Crippen molar-refractivity contribution >= 4 is 5.91 Å². The van der Waals surface area contributed by atoms with E-state index in [0.29, 0.717) is 37.3 Å². The maximum absolute atomic E-state index is 14.1. The average molecular weight is 510 g/mol. The normalized spacial score (nSPS) is 21.3. The van der Waals surface area contributed by atoms with Gasteiger partial charge >= 0.3 is 6.18 Å². The Bertz CT molecular complexity index is 1300. The van der Waals surface area contributed by atoms with Crippen molar-refractivity contribution in [3.8, 4) is 0 Å². The van der Waals surface area contributed by atoms with Crippen molar-refractivity contribution in [1.82, 2.24) is 14.5 Å². The predicted octanol–water partition coefficient (Wildman–Crippen LogP) is 5.81. The molecule has 0 fully saturated rings. The molecule has 0 saturated heterocycles. The maximum Gasteiger partial charge on any atom is 0.417 e. The van der Waals surface area contributed by atoms with Crippen LogP contribution in [-0.2, 0) is 35.3 Å². The van der Waals surface area contributed by atoms with Gasteiger partial charge in [-0.2, -0.15) is 13.2 Å². The van der Waals surface area contributed by atoms with E-state index < -0.39 is 17.2 Å². The van der Waals surface area contributed by atoms with Crippen LogP contribution in [0.2, 0.25) is 0 Å². The Morgan fingerprint density at radius 1 is 1.14 bits per heavy atom. The zero-order valence-corrected chi connectivity index (χ0v) is 21.0. The summed E-state index contributed by atoms with van der Waals surface area (Å²) >= 11 is 0. The SMILES string of the molecule is Cc1ccc(C)n1[C@@H]1C=C[C@](COCc2ccccc2)(C(=O)N2CCc3ncc(C(F)(F)F)cc3C2)C1. The fourth-order valence-electron chi connectivity index (χ4n) is 5.51. The number of pyridine rings is 1. The van der Waals surface area contributed by atoms with Crippen molar-refractivity contribution < 1.29 is 22.7 Å². The lowest BCUT2D eigenvalue weighted by atomic mass is 9.85. The van der Waals surface area contributed by atoms with E-state index in [9.17, 15) is 18.0 Å². The molecule has 8 heteroatoms. The molecule has 0 radical (unpaired) electrons. The molecule has 2 aliphatic rings. The highest BCUT2D eigenvalue weighted by atomic mass is 19.4. The van der Waals surface area contributed by atoms with Gasteiger partial charge in [0.1, 0.15) is 0 Å². The highest BCUT2D eigenvalue weighted by molar-refractivity contribution is 5.86. The largest absolute Gasteiger partial charge is 0.417 e. The summed E-state index contributed by atoms with van der Waals surface area (Å²) in [5.74, 6) is -0.121. The second-order valence-corrected chi connectivity index (χ2v) is 10.1. The number of carbonyl (C=O) groups is 1.